The molecular weight excluding hydrogens is 242 g/mol. The molecule has 0 radical (unpaired) electrons. The average molecular weight is 252 g/mol. The van der Waals surface area contributed by atoms with Crippen molar-refractivity contribution in [3.63, 3.8) is 0 Å². The highest BCUT2D eigenvalue weighted by atomic mass is 35.5. The van der Waals surface area contributed by atoms with Gasteiger partial charge in [0.2, 0.25) is 0 Å². The molecule has 0 bridgehead atoms. The lowest BCUT2D eigenvalue weighted by Crippen LogP contribution is -2.01. The number of fused-ring (bicyclic) bond motifs is 1. The van der Waals surface area contributed by atoms with Crippen LogP contribution in [0.1, 0.15) is 5.56 Å². The summed E-state index contributed by atoms with van der Waals surface area (Å²) in [6, 6.07) is 3.54. The van der Waals surface area contributed by atoms with Crippen molar-refractivity contribution in [2.75, 3.05) is 7.11 Å². The zero-order valence-electron chi connectivity index (χ0n) is 9.11. The van der Waals surface area contributed by atoms with Crippen LogP contribution in [0.15, 0.2) is 24.5 Å². The SMILES string of the molecule is COc1ccc2cncc(CC(=O)O)c2c1Cl. The Balaban J connectivity index is 2.71. The van der Waals surface area contributed by atoms with Crippen LogP contribution < -0.4 is 4.74 Å². The molecule has 4 nitrogen and oxygen atoms in total. The van der Waals surface area contributed by atoms with Gasteiger partial charge in [-0.1, -0.05) is 11.6 Å². The lowest BCUT2D eigenvalue weighted by molar-refractivity contribution is -0.136. The maximum absolute atomic E-state index is 10.8. The third-order valence-electron chi connectivity index (χ3n) is 2.47. The van der Waals surface area contributed by atoms with Gasteiger partial charge in [0.25, 0.3) is 0 Å². The summed E-state index contributed by atoms with van der Waals surface area (Å²) in [4.78, 5) is 14.8. The molecule has 0 unspecified atom stereocenters. The van der Waals surface area contributed by atoms with Crippen molar-refractivity contribution in [2.24, 2.45) is 0 Å². The van der Waals surface area contributed by atoms with Crippen LogP contribution in [0.3, 0.4) is 0 Å². The lowest BCUT2D eigenvalue weighted by Gasteiger charge is -2.09. The van der Waals surface area contributed by atoms with Crippen LogP contribution in [0.25, 0.3) is 10.8 Å². The molecule has 0 amide bonds. The monoisotopic (exact) mass is 251 g/mol. The normalized spacial score (nSPS) is 10.5. The van der Waals surface area contributed by atoms with E-state index in [0.717, 1.165) is 5.39 Å². The third kappa shape index (κ3) is 2.17. The number of ether oxygens (including phenoxy) is 1. The van der Waals surface area contributed by atoms with Gasteiger partial charge < -0.3 is 9.84 Å². The summed E-state index contributed by atoms with van der Waals surface area (Å²) in [6.45, 7) is 0. The van der Waals surface area contributed by atoms with E-state index in [4.69, 9.17) is 21.4 Å². The van der Waals surface area contributed by atoms with Crippen molar-refractivity contribution in [3.05, 3.63) is 35.1 Å². The molecule has 1 N–H and O–H groups in total. The number of aliphatic carboxylic acids is 1. The molecule has 0 saturated heterocycles. The van der Waals surface area contributed by atoms with E-state index in [0.29, 0.717) is 21.7 Å². The number of pyridine rings is 1. The van der Waals surface area contributed by atoms with Crippen molar-refractivity contribution in [3.8, 4) is 5.75 Å². The molecule has 1 heterocycles. The molecule has 0 aliphatic heterocycles. The number of carboxylic acids is 1. The molecule has 88 valence electrons. The van der Waals surface area contributed by atoms with Crippen LogP contribution >= 0.6 is 11.6 Å². The highest BCUT2D eigenvalue weighted by molar-refractivity contribution is 6.37. The number of methoxy groups -OCH3 is 1. The van der Waals surface area contributed by atoms with E-state index in [1.807, 2.05) is 0 Å². The summed E-state index contributed by atoms with van der Waals surface area (Å²) < 4.78 is 5.11. The number of aromatic nitrogens is 1. The molecule has 0 spiro atoms. The largest absolute Gasteiger partial charge is 0.495 e. The van der Waals surface area contributed by atoms with Crippen molar-refractivity contribution >= 4 is 28.3 Å². The highest BCUT2D eigenvalue weighted by Gasteiger charge is 2.12. The molecule has 0 saturated carbocycles. The van der Waals surface area contributed by atoms with Gasteiger partial charge in [0, 0.05) is 23.2 Å². The van der Waals surface area contributed by atoms with E-state index >= 15 is 0 Å². The van der Waals surface area contributed by atoms with E-state index in [-0.39, 0.29) is 6.42 Å². The number of hydrogen-bond acceptors (Lipinski definition) is 3. The zero-order chi connectivity index (χ0) is 12.4. The summed E-state index contributed by atoms with van der Waals surface area (Å²) in [5.74, 6) is -0.393. The minimum atomic E-state index is -0.918. The number of carbonyl (C=O) groups is 1. The standard InChI is InChI=1S/C12H10ClNO3/c1-17-9-3-2-7-5-14-6-8(4-10(15)16)11(7)12(9)13/h2-3,5-6H,4H2,1H3,(H,15,16). The Morgan fingerprint density at radius 3 is 2.88 bits per heavy atom. The Hall–Kier alpha value is -1.81. The summed E-state index contributed by atoms with van der Waals surface area (Å²) in [7, 11) is 1.52. The molecule has 0 aliphatic carbocycles. The second kappa shape index (κ2) is 4.59. The van der Waals surface area contributed by atoms with Gasteiger partial charge in [0.05, 0.1) is 18.6 Å². The Kier molecular flexibility index (Phi) is 3.15. The van der Waals surface area contributed by atoms with Crippen LogP contribution in [0.5, 0.6) is 5.75 Å². The molecule has 17 heavy (non-hydrogen) atoms. The molecule has 2 rings (SSSR count). The predicted molar refractivity (Wildman–Crippen MR) is 64.6 cm³/mol. The number of benzene rings is 1. The molecular formula is C12H10ClNO3. The van der Waals surface area contributed by atoms with Gasteiger partial charge in [-0.15, -0.1) is 0 Å². The van der Waals surface area contributed by atoms with Gasteiger partial charge in [-0.25, -0.2) is 0 Å². The second-order valence-electron chi connectivity index (χ2n) is 3.55. The Morgan fingerprint density at radius 2 is 2.24 bits per heavy atom. The summed E-state index contributed by atoms with van der Waals surface area (Å²) in [5, 5.41) is 10.7. The van der Waals surface area contributed by atoms with E-state index in [9.17, 15) is 4.79 Å². The van der Waals surface area contributed by atoms with E-state index in [2.05, 4.69) is 4.98 Å². The van der Waals surface area contributed by atoms with Crippen molar-refractivity contribution in [1.29, 1.82) is 0 Å². The third-order valence-corrected chi connectivity index (χ3v) is 2.84. The van der Waals surface area contributed by atoms with Gasteiger partial charge >= 0.3 is 5.97 Å². The van der Waals surface area contributed by atoms with E-state index in [1.165, 1.54) is 13.3 Å². The fourth-order valence-electron chi connectivity index (χ4n) is 1.73. The molecule has 2 aromatic rings. The Bertz CT molecular complexity index is 583. The molecule has 0 aliphatic rings. The van der Waals surface area contributed by atoms with Gasteiger partial charge in [0.1, 0.15) is 5.75 Å². The minimum Gasteiger partial charge on any atom is -0.495 e. The first kappa shape index (κ1) is 11.7. The van der Waals surface area contributed by atoms with Gasteiger partial charge in [0.15, 0.2) is 0 Å². The van der Waals surface area contributed by atoms with Crippen LogP contribution in [-0.4, -0.2) is 23.2 Å². The first-order valence-corrected chi connectivity index (χ1v) is 5.32. The molecule has 0 fully saturated rings. The van der Waals surface area contributed by atoms with E-state index < -0.39 is 5.97 Å². The fourth-order valence-corrected chi connectivity index (χ4v) is 2.10. The van der Waals surface area contributed by atoms with Crippen LogP contribution in [0.4, 0.5) is 0 Å². The van der Waals surface area contributed by atoms with Gasteiger partial charge in [-0.3, -0.25) is 9.78 Å². The number of carboxylic acid groups (broad SMARTS) is 1. The smallest absolute Gasteiger partial charge is 0.307 e. The number of hydrogen-bond donors (Lipinski definition) is 1. The summed E-state index contributed by atoms with van der Waals surface area (Å²) in [6.07, 6.45) is 3.05. The summed E-state index contributed by atoms with van der Waals surface area (Å²) >= 11 is 6.18. The van der Waals surface area contributed by atoms with Crippen molar-refractivity contribution in [1.82, 2.24) is 4.98 Å². The summed E-state index contributed by atoms with van der Waals surface area (Å²) in [5.41, 5.74) is 0.582. The molecule has 5 heteroatoms. The maximum Gasteiger partial charge on any atom is 0.307 e. The topological polar surface area (TPSA) is 59.4 Å². The molecule has 0 atom stereocenters. The van der Waals surface area contributed by atoms with E-state index in [1.54, 1.807) is 18.3 Å². The number of halogens is 1. The first-order chi connectivity index (χ1) is 8.13. The van der Waals surface area contributed by atoms with Crippen LogP contribution in [-0.2, 0) is 11.2 Å². The van der Waals surface area contributed by atoms with Crippen molar-refractivity contribution < 1.29 is 14.6 Å². The molecule has 1 aromatic heterocycles. The fraction of sp³-hybridized carbons (Fsp3) is 0.167. The number of nitrogens with zero attached hydrogens (tertiary/aromatic N) is 1. The molecule has 1 aromatic carbocycles. The average Bonchev–Trinajstić information content (AvgIpc) is 2.29. The number of rotatable bonds is 3. The van der Waals surface area contributed by atoms with Gasteiger partial charge in [-0.05, 0) is 17.7 Å². The van der Waals surface area contributed by atoms with Crippen molar-refractivity contribution in [2.45, 2.75) is 6.42 Å². The zero-order valence-corrected chi connectivity index (χ0v) is 9.86. The predicted octanol–water partition coefficient (Wildman–Crippen LogP) is 2.52. The highest BCUT2D eigenvalue weighted by Crippen LogP contribution is 2.34. The van der Waals surface area contributed by atoms with Gasteiger partial charge in [-0.2, -0.15) is 0 Å². The minimum absolute atomic E-state index is 0.114. The second-order valence-corrected chi connectivity index (χ2v) is 3.93. The van der Waals surface area contributed by atoms with Crippen LogP contribution in [0, 0.1) is 0 Å². The Labute approximate surface area is 103 Å². The van der Waals surface area contributed by atoms with Crippen LogP contribution in [0.2, 0.25) is 5.02 Å². The quantitative estimate of drug-likeness (QED) is 0.911. The maximum atomic E-state index is 10.8. The lowest BCUT2D eigenvalue weighted by atomic mass is 10.1. The Morgan fingerprint density at radius 1 is 1.47 bits per heavy atom. The first-order valence-electron chi connectivity index (χ1n) is 4.94.